The highest BCUT2D eigenvalue weighted by molar-refractivity contribution is 7.91. The van der Waals surface area contributed by atoms with Gasteiger partial charge in [0.05, 0.1) is 17.5 Å². The molecule has 1 fully saturated rings. The number of amides is 1. The number of rotatable bonds is 8. The molecule has 1 amide bonds. The summed E-state index contributed by atoms with van der Waals surface area (Å²) >= 11 is 0. The second-order valence-electron chi connectivity index (χ2n) is 7.22. The van der Waals surface area contributed by atoms with Gasteiger partial charge < -0.3 is 10.6 Å². The van der Waals surface area contributed by atoms with Gasteiger partial charge in [-0.1, -0.05) is 31.4 Å². The van der Waals surface area contributed by atoms with Crippen molar-refractivity contribution < 1.29 is 13.2 Å². The standard InChI is InChI=1S/C19H30N2O3S/c1-15(2)25(23,24)14-17-9-6-10-18(11-17)20-13-19(22)21-12-16-7-4-3-5-8-16/h6,9-11,15-16,20H,3-5,7-8,12-14H2,1-2H3,(H,21,22). The Kier molecular flexibility index (Phi) is 7.29. The van der Waals surface area contributed by atoms with Crippen molar-refractivity contribution in [2.45, 2.75) is 57.0 Å². The summed E-state index contributed by atoms with van der Waals surface area (Å²) in [7, 11) is -3.13. The quantitative estimate of drug-likeness (QED) is 0.741. The van der Waals surface area contributed by atoms with Crippen LogP contribution in [0.25, 0.3) is 0 Å². The normalized spacial score (nSPS) is 16.0. The van der Waals surface area contributed by atoms with E-state index in [4.69, 9.17) is 0 Å². The van der Waals surface area contributed by atoms with E-state index in [0.29, 0.717) is 5.92 Å². The molecule has 5 nitrogen and oxygen atoms in total. The van der Waals surface area contributed by atoms with Crippen LogP contribution in [0.3, 0.4) is 0 Å². The Labute approximate surface area is 151 Å². The van der Waals surface area contributed by atoms with E-state index in [1.807, 2.05) is 12.1 Å². The van der Waals surface area contributed by atoms with Crippen molar-refractivity contribution >= 4 is 21.4 Å². The molecule has 0 radical (unpaired) electrons. The molecule has 1 aromatic rings. The first-order valence-electron chi connectivity index (χ1n) is 9.18. The summed E-state index contributed by atoms with van der Waals surface area (Å²) in [5.41, 5.74) is 1.51. The second kappa shape index (κ2) is 9.22. The molecule has 0 atom stereocenters. The van der Waals surface area contributed by atoms with E-state index in [1.54, 1.807) is 26.0 Å². The molecule has 1 saturated carbocycles. The first-order chi connectivity index (χ1) is 11.9. The van der Waals surface area contributed by atoms with Gasteiger partial charge >= 0.3 is 0 Å². The smallest absolute Gasteiger partial charge is 0.239 e. The second-order valence-corrected chi connectivity index (χ2v) is 9.78. The van der Waals surface area contributed by atoms with Gasteiger partial charge in [0.15, 0.2) is 9.84 Å². The van der Waals surface area contributed by atoms with Crippen molar-refractivity contribution in [1.82, 2.24) is 5.32 Å². The van der Waals surface area contributed by atoms with E-state index in [9.17, 15) is 13.2 Å². The van der Waals surface area contributed by atoms with Gasteiger partial charge in [0.2, 0.25) is 5.91 Å². The fourth-order valence-electron chi connectivity index (χ4n) is 3.06. The van der Waals surface area contributed by atoms with Crippen molar-refractivity contribution in [2.24, 2.45) is 5.92 Å². The van der Waals surface area contributed by atoms with Gasteiger partial charge in [-0.25, -0.2) is 8.42 Å². The van der Waals surface area contributed by atoms with Gasteiger partial charge in [0, 0.05) is 12.2 Å². The maximum atomic E-state index is 12.0. The molecular weight excluding hydrogens is 336 g/mol. The topological polar surface area (TPSA) is 75.3 Å². The molecule has 1 aliphatic rings. The summed E-state index contributed by atoms with van der Waals surface area (Å²) < 4.78 is 24.1. The van der Waals surface area contributed by atoms with Crippen LogP contribution < -0.4 is 10.6 Å². The first-order valence-corrected chi connectivity index (χ1v) is 10.9. The van der Waals surface area contributed by atoms with E-state index >= 15 is 0 Å². The van der Waals surface area contributed by atoms with Crippen LogP contribution in [0.15, 0.2) is 24.3 Å². The van der Waals surface area contributed by atoms with Crippen LogP contribution >= 0.6 is 0 Å². The predicted molar refractivity (Wildman–Crippen MR) is 102 cm³/mol. The highest BCUT2D eigenvalue weighted by Gasteiger charge is 2.17. The lowest BCUT2D eigenvalue weighted by Gasteiger charge is -2.21. The number of nitrogens with one attached hydrogen (secondary N) is 2. The minimum atomic E-state index is -3.13. The third-order valence-corrected chi connectivity index (χ3v) is 6.95. The molecule has 0 bridgehead atoms. The average Bonchev–Trinajstić information content (AvgIpc) is 2.59. The summed E-state index contributed by atoms with van der Waals surface area (Å²) in [6, 6.07) is 7.26. The molecule has 1 aliphatic carbocycles. The van der Waals surface area contributed by atoms with E-state index < -0.39 is 15.1 Å². The SMILES string of the molecule is CC(C)S(=O)(=O)Cc1cccc(NCC(=O)NCC2CCCCC2)c1. The number of benzene rings is 1. The number of hydrogen-bond donors (Lipinski definition) is 2. The van der Waals surface area contributed by atoms with Gasteiger partial charge in [-0.2, -0.15) is 0 Å². The number of sulfone groups is 1. The number of carbonyl (C=O) groups is 1. The lowest BCUT2D eigenvalue weighted by Crippen LogP contribution is -2.34. The van der Waals surface area contributed by atoms with Crippen molar-refractivity contribution in [3.8, 4) is 0 Å². The number of hydrogen-bond acceptors (Lipinski definition) is 4. The Morgan fingerprint density at radius 3 is 2.60 bits per heavy atom. The minimum Gasteiger partial charge on any atom is -0.376 e. The van der Waals surface area contributed by atoms with Gasteiger partial charge in [0.1, 0.15) is 0 Å². The summed E-state index contributed by atoms with van der Waals surface area (Å²) in [4.78, 5) is 12.0. The van der Waals surface area contributed by atoms with Gasteiger partial charge in [-0.05, 0) is 50.3 Å². The maximum Gasteiger partial charge on any atom is 0.239 e. The monoisotopic (exact) mass is 366 g/mol. The Morgan fingerprint density at radius 1 is 1.20 bits per heavy atom. The molecule has 2 N–H and O–H groups in total. The van der Waals surface area contributed by atoms with Crippen LogP contribution in [0.5, 0.6) is 0 Å². The Morgan fingerprint density at radius 2 is 1.92 bits per heavy atom. The van der Waals surface area contributed by atoms with Crippen LogP contribution in [0.2, 0.25) is 0 Å². The lowest BCUT2D eigenvalue weighted by molar-refractivity contribution is -0.119. The van der Waals surface area contributed by atoms with Crippen LogP contribution in [-0.4, -0.2) is 32.7 Å². The highest BCUT2D eigenvalue weighted by Crippen LogP contribution is 2.22. The fourth-order valence-corrected chi connectivity index (χ4v) is 4.04. The largest absolute Gasteiger partial charge is 0.376 e. The molecule has 0 aliphatic heterocycles. The van der Waals surface area contributed by atoms with Crippen LogP contribution in [0.4, 0.5) is 5.69 Å². The summed E-state index contributed by atoms with van der Waals surface area (Å²) in [5.74, 6) is 0.613. The molecule has 25 heavy (non-hydrogen) atoms. The van der Waals surface area contributed by atoms with Crippen LogP contribution in [0.1, 0.15) is 51.5 Å². The van der Waals surface area contributed by atoms with Gasteiger partial charge in [0.25, 0.3) is 0 Å². The lowest BCUT2D eigenvalue weighted by atomic mass is 9.89. The van der Waals surface area contributed by atoms with Crippen LogP contribution in [-0.2, 0) is 20.4 Å². The van der Waals surface area contributed by atoms with Crippen molar-refractivity contribution in [2.75, 3.05) is 18.4 Å². The highest BCUT2D eigenvalue weighted by atomic mass is 32.2. The van der Waals surface area contributed by atoms with E-state index in [-0.39, 0.29) is 18.2 Å². The molecule has 0 saturated heterocycles. The predicted octanol–water partition coefficient (Wildman–Crippen LogP) is 3.12. The van der Waals surface area contributed by atoms with Crippen molar-refractivity contribution in [3.05, 3.63) is 29.8 Å². The zero-order valence-electron chi connectivity index (χ0n) is 15.3. The van der Waals surface area contributed by atoms with Crippen molar-refractivity contribution in [3.63, 3.8) is 0 Å². The molecule has 0 aromatic heterocycles. The Bertz CT molecular complexity index is 665. The summed E-state index contributed by atoms with van der Waals surface area (Å²) in [6.45, 7) is 4.34. The molecule has 0 unspecified atom stereocenters. The molecule has 2 rings (SSSR count). The van der Waals surface area contributed by atoms with E-state index in [1.165, 1.54) is 32.1 Å². The van der Waals surface area contributed by atoms with Gasteiger partial charge in [-0.15, -0.1) is 0 Å². The molecule has 0 spiro atoms. The third-order valence-electron chi connectivity index (χ3n) is 4.78. The minimum absolute atomic E-state index is 0.0219. The Balaban J connectivity index is 1.80. The zero-order chi connectivity index (χ0) is 18.3. The summed E-state index contributed by atoms with van der Waals surface area (Å²) in [5, 5.41) is 5.68. The molecule has 1 aromatic carbocycles. The van der Waals surface area contributed by atoms with Gasteiger partial charge in [-0.3, -0.25) is 4.79 Å². The average molecular weight is 367 g/mol. The number of carbonyl (C=O) groups excluding carboxylic acids is 1. The zero-order valence-corrected chi connectivity index (χ0v) is 16.1. The van der Waals surface area contributed by atoms with E-state index in [0.717, 1.165) is 17.8 Å². The molecule has 0 heterocycles. The fraction of sp³-hybridized carbons (Fsp3) is 0.632. The first kappa shape index (κ1) is 19.8. The maximum absolute atomic E-state index is 12.0. The van der Waals surface area contributed by atoms with E-state index in [2.05, 4.69) is 10.6 Å². The Hall–Kier alpha value is -1.56. The van der Waals surface area contributed by atoms with Crippen molar-refractivity contribution in [1.29, 1.82) is 0 Å². The third kappa shape index (κ3) is 6.69. The number of anilines is 1. The summed E-state index contributed by atoms with van der Waals surface area (Å²) in [6.07, 6.45) is 6.27. The molecule has 6 heteroatoms. The van der Waals surface area contributed by atoms with Crippen LogP contribution in [0, 0.1) is 5.92 Å². The molecule has 140 valence electrons. The molecular formula is C19H30N2O3S.